The van der Waals surface area contributed by atoms with Crippen molar-refractivity contribution in [3.63, 3.8) is 0 Å². The van der Waals surface area contributed by atoms with Gasteiger partial charge in [-0.15, -0.1) is 0 Å². The lowest BCUT2D eigenvalue weighted by molar-refractivity contribution is -0.384. The molecule has 8 heteroatoms. The number of H-pyrrole nitrogens is 1. The number of nitro benzene ring substituents is 1. The minimum absolute atomic E-state index is 0.0486. The van der Waals surface area contributed by atoms with Crippen LogP contribution in [0.15, 0.2) is 39.9 Å². The number of hydrogen-bond acceptors (Lipinski definition) is 4. The lowest BCUT2D eigenvalue weighted by Gasteiger charge is -2.07. The van der Waals surface area contributed by atoms with Crippen molar-refractivity contribution in [2.75, 3.05) is 0 Å². The van der Waals surface area contributed by atoms with Crippen molar-refractivity contribution < 1.29 is 4.92 Å². The van der Waals surface area contributed by atoms with Gasteiger partial charge in [0.05, 0.1) is 21.5 Å². The first-order valence-corrected chi connectivity index (χ1v) is 7.59. The number of fused-ring (bicyclic) bond motifs is 1. The van der Waals surface area contributed by atoms with Crippen LogP contribution in [-0.4, -0.2) is 19.3 Å². The summed E-state index contributed by atoms with van der Waals surface area (Å²) in [5.74, 6) is 0. The molecule has 0 radical (unpaired) electrons. The van der Waals surface area contributed by atoms with Gasteiger partial charge in [-0.1, -0.05) is 0 Å². The lowest BCUT2D eigenvalue weighted by Crippen LogP contribution is -2.22. The number of hydrogen-bond donors (Lipinski definition) is 1. The van der Waals surface area contributed by atoms with Gasteiger partial charge in [0.2, 0.25) is 0 Å². The van der Waals surface area contributed by atoms with Gasteiger partial charge in [0.1, 0.15) is 0 Å². The Bertz CT molecular complexity index is 1080. The van der Waals surface area contributed by atoms with E-state index in [1.165, 1.54) is 35.0 Å². The predicted octanol–water partition coefficient (Wildman–Crippen LogP) is 2.03. The van der Waals surface area contributed by atoms with E-state index in [-0.39, 0.29) is 22.8 Å². The summed E-state index contributed by atoms with van der Waals surface area (Å²) >= 11 is 0. The van der Waals surface area contributed by atoms with Gasteiger partial charge in [0, 0.05) is 29.9 Å². The molecule has 1 aromatic carbocycles. The first kappa shape index (κ1) is 14.4. The lowest BCUT2D eigenvalue weighted by atomic mass is 10.2. The smallest absolute Gasteiger partial charge is 0.280 e. The molecule has 0 spiro atoms. The van der Waals surface area contributed by atoms with E-state index in [0.717, 1.165) is 12.8 Å². The number of pyridine rings is 1. The number of non-ortho nitro benzene ring substituents is 1. The maximum atomic E-state index is 12.8. The van der Waals surface area contributed by atoms with E-state index in [1.807, 2.05) is 0 Å². The molecular formula is C16H14N4O4. The number of aromatic nitrogens is 3. The Labute approximate surface area is 135 Å². The Balaban J connectivity index is 1.93. The Morgan fingerprint density at radius 2 is 1.88 bits per heavy atom. The fourth-order valence-electron chi connectivity index (χ4n) is 3.08. The summed E-state index contributed by atoms with van der Waals surface area (Å²) in [5.41, 5.74) is 1.16. The molecule has 24 heavy (non-hydrogen) atoms. The fourth-order valence-corrected chi connectivity index (χ4v) is 3.08. The molecule has 0 amide bonds. The van der Waals surface area contributed by atoms with E-state index in [9.17, 15) is 19.7 Å². The van der Waals surface area contributed by atoms with Crippen LogP contribution in [0.3, 0.4) is 0 Å². The molecule has 0 saturated heterocycles. The molecule has 4 rings (SSSR count). The van der Waals surface area contributed by atoms with Crippen LogP contribution in [0.5, 0.6) is 0 Å². The number of nitro groups is 1. The Morgan fingerprint density at radius 1 is 1.21 bits per heavy atom. The summed E-state index contributed by atoms with van der Waals surface area (Å²) < 4.78 is 2.98. The second-order valence-corrected chi connectivity index (χ2v) is 5.98. The van der Waals surface area contributed by atoms with Crippen molar-refractivity contribution in [1.29, 1.82) is 0 Å². The van der Waals surface area contributed by atoms with Crippen LogP contribution in [0.25, 0.3) is 16.6 Å². The van der Waals surface area contributed by atoms with Crippen molar-refractivity contribution in [2.45, 2.75) is 25.8 Å². The molecule has 1 N–H and O–H groups in total. The van der Waals surface area contributed by atoms with Gasteiger partial charge in [-0.25, -0.2) is 4.68 Å². The van der Waals surface area contributed by atoms with Gasteiger partial charge in [0.25, 0.3) is 16.8 Å². The third-order valence-corrected chi connectivity index (χ3v) is 4.38. The first-order valence-electron chi connectivity index (χ1n) is 7.59. The molecule has 0 atom stereocenters. The third-order valence-electron chi connectivity index (χ3n) is 4.38. The van der Waals surface area contributed by atoms with Gasteiger partial charge in [-0.3, -0.25) is 24.8 Å². The zero-order chi connectivity index (χ0) is 17.0. The highest BCUT2D eigenvalue weighted by atomic mass is 16.6. The summed E-state index contributed by atoms with van der Waals surface area (Å²) in [6.45, 7) is 1.78. The molecule has 122 valence electrons. The van der Waals surface area contributed by atoms with Gasteiger partial charge >= 0.3 is 0 Å². The average molecular weight is 326 g/mol. The van der Waals surface area contributed by atoms with Crippen LogP contribution in [-0.2, 0) is 0 Å². The van der Waals surface area contributed by atoms with E-state index in [1.54, 1.807) is 11.5 Å². The van der Waals surface area contributed by atoms with Crippen LogP contribution in [0.4, 0.5) is 5.69 Å². The van der Waals surface area contributed by atoms with Crippen LogP contribution in [0.2, 0.25) is 0 Å². The van der Waals surface area contributed by atoms with Crippen molar-refractivity contribution in [2.24, 2.45) is 0 Å². The second kappa shape index (κ2) is 4.92. The van der Waals surface area contributed by atoms with Crippen molar-refractivity contribution in [1.82, 2.24) is 14.3 Å². The fraction of sp³-hybridized carbons (Fsp3) is 0.250. The van der Waals surface area contributed by atoms with Crippen molar-refractivity contribution in [3.8, 4) is 5.69 Å². The highest BCUT2D eigenvalue weighted by Crippen LogP contribution is 2.35. The number of aromatic amines is 1. The highest BCUT2D eigenvalue weighted by molar-refractivity contribution is 5.80. The normalized spacial score (nSPS) is 14.2. The Morgan fingerprint density at radius 3 is 2.46 bits per heavy atom. The summed E-state index contributed by atoms with van der Waals surface area (Å²) in [6, 6.07) is 7.29. The minimum atomic E-state index is -0.496. The zero-order valence-corrected chi connectivity index (χ0v) is 12.9. The monoisotopic (exact) mass is 326 g/mol. The van der Waals surface area contributed by atoms with Gasteiger partial charge < -0.3 is 4.57 Å². The predicted molar refractivity (Wildman–Crippen MR) is 87.8 cm³/mol. The Kier molecular flexibility index (Phi) is 2.96. The standard InChI is InChI=1S/C16H14N4O4/c1-9-15-13(8-14(21)18(9)10-2-3-10)17-19(16(15)22)11-4-6-12(7-5-11)20(23)24/h4-8,10,17H,2-3H2,1H3. The minimum Gasteiger partial charge on any atom is -0.309 e. The topological polar surface area (TPSA) is 103 Å². The summed E-state index contributed by atoms with van der Waals surface area (Å²) in [6.07, 6.45) is 1.90. The highest BCUT2D eigenvalue weighted by Gasteiger charge is 2.27. The maximum Gasteiger partial charge on any atom is 0.280 e. The number of nitrogens with one attached hydrogen (secondary N) is 1. The molecule has 1 fully saturated rings. The number of aryl methyl sites for hydroxylation is 1. The van der Waals surface area contributed by atoms with E-state index in [2.05, 4.69) is 5.10 Å². The summed E-state index contributed by atoms with van der Waals surface area (Å²) in [4.78, 5) is 35.3. The molecule has 2 aromatic heterocycles. The van der Waals surface area contributed by atoms with Crippen LogP contribution in [0.1, 0.15) is 24.6 Å². The van der Waals surface area contributed by atoms with Crippen LogP contribution < -0.4 is 11.1 Å². The molecule has 2 heterocycles. The van der Waals surface area contributed by atoms with Crippen LogP contribution >= 0.6 is 0 Å². The maximum absolute atomic E-state index is 12.8. The summed E-state index contributed by atoms with van der Waals surface area (Å²) in [5, 5.41) is 14.1. The summed E-state index contributed by atoms with van der Waals surface area (Å²) in [7, 11) is 0. The molecule has 1 aliphatic carbocycles. The molecule has 8 nitrogen and oxygen atoms in total. The average Bonchev–Trinajstić information content (AvgIpc) is 3.31. The molecular weight excluding hydrogens is 312 g/mol. The zero-order valence-electron chi connectivity index (χ0n) is 12.9. The molecule has 0 aliphatic heterocycles. The van der Waals surface area contributed by atoms with E-state index < -0.39 is 4.92 Å². The number of benzene rings is 1. The quantitative estimate of drug-likeness (QED) is 0.587. The molecule has 3 aromatic rings. The van der Waals surface area contributed by atoms with Gasteiger partial charge in [0.15, 0.2) is 0 Å². The van der Waals surface area contributed by atoms with E-state index in [4.69, 9.17) is 0 Å². The van der Waals surface area contributed by atoms with Gasteiger partial charge in [-0.05, 0) is 31.9 Å². The molecule has 1 aliphatic rings. The number of rotatable bonds is 3. The van der Waals surface area contributed by atoms with E-state index >= 15 is 0 Å². The SMILES string of the molecule is Cc1c2c(=O)n(-c3ccc([N+](=O)[O-])cc3)[nH]c2cc(=O)n1C1CC1. The van der Waals surface area contributed by atoms with Crippen LogP contribution in [0, 0.1) is 17.0 Å². The third kappa shape index (κ3) is 2.07. The second-order valence-electron chi connectivity index (χ2n) is 5.98. The molecule has 1 saturated carbocycles. The number of nitrogens with zero attached hydrogens (tertiary/aromatic N) is 3. The van der Waals surface area contributed by atoms with E-state index in [0.29, 0.717) is 22.3 Å². The largest absolute Gasteiger partial charge is 0.309 e. The molecule has 0 unspecified atom stereocenters. The van der Waals surface area contributed by atoms with Crippen molar-refractivity contribution in [3.05, 3.63) is 66.8 Å². The van der Waals surface area contributed by atoms with Crippen molar-refractivity contribution >= 4 is 16.6 Å². The molecule has 0 bridgehead atoms. The van der Waals surface area contributed by atoms with Gasteiger partial charge in [-0.2, -0.15) is 0 Å². The Hall–Kier alpha value is -3.16. The first-order chi connectivity index (χ1) is 11.5.